The zero-order chi connectivity index (χ0) is 24.1. The van der Waals surface area contributed by atoms with Crippen molar-refractivity contribution in [2.24, 2.45) is 28.6 Å². The van der Waals surface area contributed by atoms with Crippen LogP contribution in [0, 0.1) is 28.6 Å². The number of hydrogen-bond donors (Lipinski definition) is 0. The van der Waals surface area contributed by atoms with Crippen LogP contribution in [-0.4, -0.2) is 29.1 Å². The highest BCUT2D eigenvalue weighted by Crippen LogP contribution is 2.66. The minimum atomic E-state index is -0.198. The second-order valence-corrected chi connectivity index (χ2v) is 11.5. The minimum absolute atomic E-state index is 0.0250. The normalized spacial score (nSPS) is 39.9. The van der Waals surface area contributed by atoms with Crippen molar-refractivity contribution in [1.82, 2.24) is 4.98 Å². The van der Waals surface area contributed by atoms with Gasteiger partial charge in [-0.15, -0.1) is 0 Å². The molecular weight excluding hydrogens is 426 g/mol. The number of esters is 2. The smallest absolute Gasteiger partial charge is 0.303 e. The summed E-state index contributed by atoms with van der Waals surface area (Å²) >= 11 is 0. The number of fused-ring (bicyclic) bond motifs is 5. The number of hydrogen-bond acceptors (Lipinski definition) is 5. The molecule has 34 heavy (non-hydrogen) atoms. The van der Waals surface area contributed by atoms with E-state index in [2.05, 4.69) is 31.0 Å². The summed E-state index contributed by atoms with van der Waals surface area (Å²) in [7, 11) is 0. The van der Waals surface area contributed by atoms with E-state index in [1.807, 2.05) is 24.5 Å². The Labute approximate surface area is 203 Å². The number of rotatable bonds is 3. The summed E-state index contributed by atoms with van der Waals surface area (Å²) in [4.78, 5) is 27.8. The van der Waals surface area contributed by atoms with Gasteiger partial charge in [0.15, 0.2) is 0 Å². The van der Waals surface area contributed by atoms with Gasteiger partial charge < -0.3 is 9.47 Å². The summed E-state index contributed by atoms with van der Waals surface area (Å²) in [6.45, 7) is 7.85. The lowest BCUT2D eigenvalue weighted by Crippen LogP contribution is -2.51. The lowest BCUT2D eigenvalue weighted by atomic mass is 9.48. The van der Waals surface area contributed by atoms with Gasteiger partial charge in [0.25, 0.3) is 0 Å². The Kier molecular flexibility index (Phi) is 5.94. The molecule has 5 rings (SSSR count). The van der Waals surface area contributed by atoms with Gasteiger partial charge in [-0.1, -0.05) is 31.6 Å². The molecule has 0 aromatic carbocycles. The van der Waals surface area contributed by atoms with Crippen LogP contribution in [0.5, 0.6) is 0 Å². The van der Waals surface area contributed by atoms with Crippen molar-refractivity contribution in [3.8, 4) is 0 Å². The van der Waals surface area contributed by atoms with Gasteiger partial charge in [-0.25, -0.2) is 0 Å². The summed E-state index contributed by atoms with van der Waals surface area (Å²) in [6.07, 6.45) is 15.4. The Hall–Kier alpha value is -2.43. The zero-order valence-corrected chi connectivity index (χ0v) is 20.9. The van der Waals surface area contributed by atoms with Crippen molar-refractivity contribution in [3.05, 3.63) is 47.3 Å². The average Bonchev–Trinajstić information content (AvgIpc) is 3.05. The molecule has 1 heterocycles. The second kappa shape index (κ2) is 8.66. The van der Waals surface area contributed by atoms with E-state index < -0.39 is 0 Å². The van der Waals surface area contributed by atoms with Crippen LogP contribution in [0.3, 0.4) is 0 Å². The van der Waals surface area contributed by atoms with Crippen molar-refractivity contribution in [2.75, 3.05) is 0 Å². The van der Waals surface area contributed by atoms with Gasteiger partial charge >= 0.3 is 11.9 Å². The molecule has 182 valence electrons. The standard InChI is InChI=1S/C29H37NO4/c1-18(31)33-23-7-11-28(3)22(17-23)5-6-24-25(28)8-12-29(4)26(24)16-21(27(29)34-19(2)32)15-20-9-13-30-14-10-20/h5,9-10,13-15,23-27H,6-8,11-12,16-17H2,1-4H3/b21-15+/t23-,24+,25-,26-,27-,28-,29-/m0/s1. The predicted octanol–water partition coefficient (Wildman–Crippen LogP) is 5.90. The maximum Gasteiger partial charge on any atom is 0.303 e. The Morgan fingerprint density at radius 1 is 1.00 bits per heavy atom. The van der Waals surface area contributed by atoms with Gasteiger partial charge in [0, 0.05) is 38.1 Å². The summed E-state index contributed by atoms with van der Waals surface area (Å²) in [6, 6.07) is 4.03. The number of carbonyl (C=O) groups is 2. The van der Waals surface area contributed by atoms with Crippen LogP contribution in [0.2, 0.25) is 0 Å². The van der Waals surface area contributed by atoms with Crippen molar-refractivity contribution >= 4 is 18.0 Å². The SMILES string of the molecule is CC(=O)O[C@H]1CC[C@@]2(C)C(=CC[C@H]3[C@@H]4C/C(=C\c5ccncc5)[C@H](OC(C)=O)[C@@]4(C)CC[C@@H]32)C1. The molecule has 0 amide bonds. The van der Waals surface area contributed by atoms with Gasteiger partial charge in [-0.3, -0.25) is 14.6 Å². The second-order valence-electron chi connectivity index (χ2n) is 11.5. The predicted molar refractivity (Wildman–Crippen MR) is 130 cm³/mol. The third kappa shape index (κ3) is 3.91. The van der Waals surface area contributed by atoms with E-state index in [0.29, 0.717) is 17.8 Å². The van der Waals surface area contributed by atoms with Crippen LogP contribution in [0.4, 0.5) is 0 Å². The van der Waals surface area contributed by atoms with E-state index in [-0.39, 0.29) is 35.0 Å². The van der Waals surface area contributed by atoms with Crippen LogP contribution in [0.1, 0.15) is 78.2 Å². The maximum atomic E-state index is 12.1. The molecular formula is C29H37NO4. The highest BCUT2D eigenvalue weighted by molar-refractivity contribution is 5.68. The fourth-order valence-corrected chi connectivity index (χ4v) is 7.99. The summed E-state index contributed by atoms with van der Waals surface area (Å²) < 4.78 is 11.6. The molecule has 0 radical (unpaired) electrons. The first-order chi connectivity index (χ1) is 16.2. The van der Waals surface area contributed by atoms with E-state index in [4.69, 9.17) is 9.47 Å². The number of carbonyl (C=O) groups excluding carboxylic acids is 2. The number of ether oxygens (including phenoxy) is 2. The lowest BCUT2D eigenvalue weighted by molar-refractivity contribution is -0.154. The van der Waals surface area contributed by atoms with Gasteiger partial charge in [0.2, 0.25) is 0 Å². The molecule has 0 saturated heterocycles. The molecule has 0 bridgehead atoms. The van der Waals surface area contributed by atoms with Crippen molar-refractivity contribution < 1.29 is 19.1 Å². The number of aromatic nitrogens is 1. The summed E-state index contributed by atoms with van der Waals surface area (Å²) in [5.41, 5.74) is 3.99. The van der Waals surface area contributed by atoms with E-state index >= 15 is 0 Å². The Bertz CT molecular complexity index is 1030. The van der Waals surface area contributed by atoms with Crippen LogP contribution < -0.4 is 0 Å². The molecule has 1 aromatic heterocycles. The van der Waals surface area contributed by atoms with Crippen molar-refractivity contribution in [1.29, 1.82) is 0 Å². The number of pyridine rings is 1. The third-order valence-electron chi connectivity index (χ3n) is 9.56. The summed E-state index contributed by atoms with van der Waals surface area (Å²) in [5.74, 6) is 1.33. The van der Waals surface area contributed by atoms with Gasteiger partial charge in [0.1, 0.15) is 12.2 Å². The zero-order valence-electron chi connectivity index (χ0n) is 20.9. The van der Waals surface area contributed by atoms with Crippen LogP contribution in [-0.2, 0) is 19.1 Å². The molecule has 0 N–H and O–H groups in total. The molecule has 0 unspecified atom stereocenters. The largest absolute Gasteiger partial charge is 0.462 e. The topological polar surface area (TPSA) is 65.5 Å². The van der Waals surface area contributed by atoms with Crippen LogP contribution in [0.15, 0.2) is 41.7 Å². The quantitative estimate of drug-likeness (QED) is 0.412. The van der Waals surface area contributed by atoms with Crippen LogP contribution >= 0.6 is 0 Å². The molecule has 3 fully saturated rings. The first-order valence-electron chi connectivity index (χ1n) is 12.8. The molecule has 5 heteroatoms. The molecule has 0 spiro atoms. The van der Waals surface area contributed by atoms with E-state index in [0.717, 1.165) is 50.5 Å². The van der Waals surface area contributed by atoms with E-state index in [1.54, 1.807) is 0 Å². The molecule has 7 atom stereocenters. The van der Waals surface area contributed by atoms with E-state index in [1.165, 1.54) is 25.0 Å². The highest BCUT2D eigenvalue weighted by Gasteiger charge is 2.61. The number of nitrogens with zero attached hydrogens (tertiary/aromatic N) is 1. The average molecular weight is 464 g/mol. The molecule has 5 nitrogen and oxygen atoms in total. The first kappa shape index (κ1) is 23.3. The molecule has 0 aliphatic heterocycles. The van der Waals surface area contributed by atoms with Crippen molar-refractivity contribution in [2.45, 2.75) is 84.8 Å². The van der Waals surface area contributed by atoms with Gasteiger partial charge in [-0.2, -0.15) is 0 Å². The Morgan fingerprint density at radius 3 is 2.44 bits per heavy atom. The monoisotopic (exact) mass is 463 g/mol. The third-order valence-corrected chi connectivity index (χ3v) is 9.56. The van der Waals surface area contributed by atoms with Gasteiger partial charge in [0.05, 0.1) is 0 Å². The highest BCUT2D eigenvalue weighted by atomic mass is 16.5. The Balaban J connectivity index is 1.46. The number of allylic oxidation sites excluding steroid dienone is 1. The molecule has 4 aliphatic rings. The lowest BCUT2D eigenvalue weighted by Gasteiger charge is -2.57. The minimum Gasteiger partial charge on any atom is -0.462 e. The van der Waals surface area contributed by atoms with E-state index in [9.17, 15) is 9.59 Å². The molecule has 4 aliphatic carbocycles. The first-order valence-corrected chi connectivity index (χ1v) is 12.8. The molecule has 1 aromatic rings. The molecule has 3 saturated carbocycles. The van der Waals surface area contributed by atoms with Crippen LogP contribution in [0.25, 0.3) is 6.08 Å². The van der Waals surface area contributed by atoms with Gasteiger partial charge in [-0.05, 0) is 85.0 Å². The maximum absolute atomic E-state index is 12.1. The summed E-state index contributed by atoms with van der Waals surface area (Å²) in [5, 5.41) is 0. The Morgan fingerprint density at radius 2 is 1.74 bits per heavy atom. The fraction of sp³-hybridized carbons (Fsp3) is 0.621. The van der Waals surface area contributed by atoms with Crippen molar-refractivity contribution in [3.63, 3.8) is 0 Å². The fourth-order valence-electron chi connectivity index (χ4n) is 7.99.